The Labute approximate surface area is 180 Å². The standard InChI is InChI=1S/C22H33N3O3.ClH/c1-3-4-12-25-20(26)10-9-18(22(27)24-13-11-16(14-23)15-24)21(25)17-7-5-6-8-19(17)28-2;/h5-8,16,18,21H,3-4,9-15,23H2,1-2H3;1H. The minimum Gasteiger partial charge on any atom is -0.496 e. The molecule has 3 atom stereocenters. The molecule has 2 N–H and O–H groups in total. The van der Waals surface area contributed by atoms with Crippen LogP contribution in [0.1, 0.15) is 50.6 Å². The maximum absolute atomic E-state index is 13.5. The van der Waals surface area contributed by atoms with E-state index in [2.05, 4.69) is 6.92 Å². The van der Waals surface area contributed by atoms with Crippen LogP contribution in [0.3, 0.4) is 0 Å². The molecule has 7 heteroatoms. The number of amides is 2. The third-order valence-corrected chi connectivity index (χ3v) is 6.16. The zero-order valence-electron chi connectivity index (χ0n) is 17.5. The van der Waals surface area contributed by atoms with Gasteiger partial charge >= 0.3 is 0 Å². The monoisotopic (exact) mass is 423 g/mol. The number of carbonyl (C=O) groups excluding carboxylic acids is 2. The van der Waals surface area contributed by atoms with Crippen molar-refractivity contribution in [2.45, 2.75) is 45.1 Å². The summed E-state index contributed by atoms with van der Waals surface area (Å²) in [7, 11) is 1.64. The molecule has 2 aliphatic heterocycles. The summed E-state index contributed by atoms with van der Waals surface area (Å²) in [6.45, 7) is 4.90. The average Bonchev–Trinajstić information content (AvgIpc) is 3.21. The molecule has 0 spiro atoms. The molecule has 0 aliphatic carbocycles. The van der Waals surface area contributed by atoms with E-state index < -0.39 is 0 Å². The predicted molar refractivity (Wildman–Crippen MR) is 116 cm³/mol. The largest absolute Gasteiger partial charge is 0.496 e. The number of carbonyl (C=O) groups is 2. The predicted octanol–water partition coefficient (Wildman–Crippen LogP) is 3.00. The second kappa shape index (κ2) is 10.8. The highest BCUT2D eigenvalue weighted by Gasteiger charge is 2.43. The molecule has 0 bridgehead atoms. The normalized spacial score (nSPS) is 24.4. The molecule has 162 valence electrons. The molecule has 0 saturated carbocycles. The van der Waals surface area contributed by atoms with Gasteiger partial charge in [-0.1, -0.05) is 31.5 Å². The number of likely N-dealkylation sites (tertiary alicyclic amines) is 2. The first-order valence-electron chi connectivity index (χ1n) is 10.5. The summed E-state index contributed by atoms with van der Waals surface area (Å²) in [6, 6.07) is 7.51. The lowest BCUT2D eigenvalue weighted by atomic mass is 9.82. The molecule has 2 saturated heterocycles. The van der Waals surface area contributed by atoms with Gasteiger partial charge in [0, 0.05) is 31.6 Å². The lowest BCUT2D eigenvalue weighted by Crippen LogP contribution is -2.49. The lowest BCUT2D eigenvalue weighted by molar-refractivity contribution is -0.147. The van der Waals surface area contributed by atoms with Crippen molar-refractivity contribution < 1.29 is 14.3 Å². The number of piperidine rings is 1. The Morgan fingerprint density at radius 1 is 1.28 bits per heavy atom. The number of para-hydroxylation sites is 1. The smallest absolute Gasteiger partial charge is 0.228 e. The van der Waals surface area contributed by atoms with Crippen LogP contribution in [0.4, 0.5) is 0 Å². The molecule has 6 nitrogen and oxygen atoms in total. The van der Waals surface area contributed by atoms with Gasteiger partial charge in [0.05, 0.1) is 19.1 Å². The summed E-state index contributed by atoms with van der Waals surface area (Å²) in [5.74, 6) is 1.18. The number of hydrogen-bond donors (Lipinski definition) is 1. The van der Waals surface area contributed by atoms with Crippen LogP contribution >= 0.6 is 12.4 Å². The molecular weight excluding hydrogens is 390 g/mol. The van der Waals surface area contributed by atoms with E-state index in [1.54, 1.807) is 7.11 Å². The first-order valence-corrected chi connectivity index (χ1v) is 10.5. The summed E-state index contributed by atoms with van der Waals surface area (Å²) >= 11 is 0. The maximum atomic E-state index is 13.5. The van der Waals surface area contributed by atoms with Crippen molar-refractivity contribution in [1.82, 2.24) is 9.80 Å². The van der Waals surface area contributed by atoms with Crippen LogP contribution in [-0.2, 0) is 9.59 Å². The van der Waals surface area contributed by atoms with Gasteiger partial charge in [-0.2, -0.15) is 0 Å². The van der Waals surface area contributed by atoms with Gasteiger partial charge in [0.1, 0.15) is 5.75 Å². The Balaban J connectivity index is 0.00000300. The third kappa shape index (κ3) is 5.04. The quantitative estimate of drug-likeness (QED) is 0.731. The molecule has 2 heterocycles. The highest BCUT2D eigenvalue weighted by atomic mass is 35.5. The summed E-state index contributed by atoms with van der Waals surface area (Å²) in [6.07, 6.45) is 3.92. The van der Waals surface area contributed by atoms with Crippen LogP contribution in [0.15, 0.2) is 24.3 Å². The van der Waals surface area contributed by atoms with Crippen molar-refractivity contribution in [2.24, 2.45) is 17.6 Å². The number of unbranched alkanes of at least 4 members (excludes halogenated alkanes) is 1. The molecule has 3 unspecified atom stereocenters. The van der Waals surface area contributed by atoms with Crippen molar-refractivity contribution in [3.8, 4) is 5.75 Å². The van der Waals surface area contributed by atoms with Gasteiger partial charge in [-0.3, -0.25) is 9.59 Å². The minimum absolute atomic E-state index is 0. The SMILES string of the molecule is CCCCN1C(=O)CCC(C(=O)N2CCC(CN)C2)C1c1ccccc1OC.Cl. The fourth-order valence-electron chi connectivity index (χ4n) is 4.56. The highest BCUT2D eigenvalue weighted by Crippen LogP contribution is 2.42. The topological polar surface area (TPSA) is 75.9 Å². The molecule has 1 aromatic rings. The average molecular weight is 424 g/mol. The molecule has 2 fully saturated rings. The number of benzene rings is 1. The van der Waals surface area contributed by atoms with Crippen LogP contribution in [0.25, 0.3) is 0 Å². The van der Waals surface area contributed by atoms with E-state index in [1.165, 1.54) is 0 Å². The van der Waals surface area contributed by atoms with Gasteiger partial charge in [-0.25, -0.2) is 0 Å². The molecule has 29 heavy (non-hydrogen) atoms. The zero-order valence-corrected chi connectivity index (χ0v) is 18.3. The number of methoxy groups -OCH3 is 1. The first kappa shape index (κ1) is 23.5. The van der Waals surface area contributed by atoms with Gasteiger partial charge in [0.15, 0.2) is 0 Å². The number of ether oxygens (including phenoxy) is 1. The van der Waals surface area contributed by atoms with Crippen molar-refractivity contribution in [2.75, 3.05) is 33.3 Å². The maximum Gasteiger partial charge on any atom is 0.228 e. The van der Waals surface area contributed by atoms with Crippen LogP contribution in [0.5, 0.6) is 5.75 Å². The molecule has 2 amide bonds. The molecule has 2 aliphatic rings. The van der Waals surface area contributed by atoms with Crippen molar-refractivity contribution >= 4 is 24.2 Å². The number of hydrogen-bond acceptors (Lipinski definition) is 4. The fourth-order valence-corrected chi connectivity index (χ4v) is 4.56. The Morgan fingerprint density at radius 2 is 2.03 bits per heavy atom. The van der Waals surface area contributed by atoms with E-state index in [9.17, 15) is 9.59 Å². The fraction of sp³-hybridized carbons (Fsp3) is 0.636. The molecule has 3 rings (SSSR count). The van der Waals surface area contributed by atoms with Crippen LogP contribution in [-0.4, -0.2) is 54.9 Å². The van der Waals surface area contributed by atoms with Gasteiger partial charge in [0.25, 0.3) is 0 Å². The highest BCUT2D eigenvalue weighted by molar-refractivity contribution is 5.86. The molecule has 0 aromatic heterocycles. The molecule has 0 radical (unpaired) electrons. The second-order valence-corrected chi connectivity index (χ2v) is 7.95. The summed E-state index contributed by atoms with van der Waals surface area (Å²) in [4.78, 5) is 30.2. The second-order valence-electron chi connectivity index (χ2n) is 7.95. The van der Waals surface area contributed by atoms with E-state index in [-0.39, 0.29) is 36.2 Å². The zero-order chi connectivity index (χ0) is 20.1. The van der Waals surface area contributed by atoms with Crippen LogP contribution in [0.2, 0.25) is 0 Å². The Bertz CT molecular complexity index is 700. The summed E-state index contributed by atoms with van der Waals surface area (Å²) in [5.41, 5.74) is 6.75. The van der Waals surface area contributed by atoms with Crippen molar-refractivity contribution in [1.29, 1.82) is 0 Å². The van der Waals surface area contributed by atoms with E-state index in [0.29, 0.717) is 31.8 Å². The van der Waals surface area contributed by atoms with Gasteiger partial charge < -0.3 is 20.3 Å². The van der Waals surface area contributed by atoms with E-state index in [0.717, 1.165) is 43.7 Å². The summed E-state index contributed by atoms with van der Waals surface area (Å²) < 4.78 is 5.60. The Kier molecular flexibility index (Phi) is 8.78. The van der Waals surface area contributed by atoms with Gasteiger partial charge in [-0.05, 0) is 37.8 Å². The number of nitrogens with two attached hydrogens (primary N) is 1. The van der Waals surface area contributed by atoms with E-state index in [4.69, 9.17) is 10.5 Å². The summed E-state index contributed by atoms with van der Waals surface area (Å²) in [5, 5.41) is 0. The number of halogens is 1. The van der Waals surface area contributed by atoms with E-state index in [1.807, 2.05) is 34.1 Å². The van der Waals surface area contributed by atoms with Crippen LogP contribution < -0.4 is 10.5 Å². The first-order chi connectivity index (χ1) is 13.6. The Hall–Kier alpha value is -1.79. The van der Waals surface area contributed by atoms with Crippen LogP contribution in [0, 0.1) is 11.8 Å². The van der Waals surface area contributed by atoms with Crippen molar-refractivity contribution in [3.05, 3.63) is 29.8 Å². The van der Waals surface area contributed by atoms with Gasteiger partial charge in [0.2, 0.25) is 11.8 Å². The van der Waals surface area contributed by atoms with E-state index >= 15 is 0 Å². The number of nitrogens with zero attached hydrogens (tertiary/aromatic N) is 2. The number of rotatable bonds is 7. The minimum atomic E-state index is -0.270. The molecule has 1 aromatic carbocycles. The Morgan fingerprint density at radius 3 is 2.69 bits per heavy atom. The van der Waals surface area contributed by atoms with Crippen molar-refractivity contribution in [3.63, 3.8) is 0 Å². The third-order valence-electron chi connectivity index (χ3n) is 6.16. The van der Waals surface area contributed by atoms with Gasteiger partial charge in [-0.15, -0.1) is 12.4 Å². The molecular formula is C22H34ClN3O3. The lowest BCUT2D eigenvalue weighted by Gasteiger charge is -2.42.